The zero-order valence-corrected chi connectivity index (χ0v) is 19.0. The summed E-state index contributed by atoms with van der Waals surface area (Å²) in [5, 5.41) is 3.49. The highest BCUT2D eigenvalue weighted by molar-refractivity contribution is 7.95. The quantitative estimate of drug-likeness (QED) is 0.276. The van der Waals surface area contributed by atoms with Gasteiger partial charge in [0.15, 0.2) is 0 Å². The molecule has 0 N–H and O–H groups in total. The summed E-state index contributed by atoms with van der Waals surface area (Å²) in [5.41, 5.74) is 0.849. The van der Waals surface area contributed by atoms with E-state index in [0.29, 0.717) is 6.16 Å². The Hall–Kier alpha value is -2.52. The van der Waals surface area contributed by atoms with Crippen molar-refractivity contribution in [1.29, 1.82) is 0 Å². The Balaban J connectivity index is 1.96. The van der Waals surface area contributed by atoms with Crippen LogP contribution in [0.4, 0.5) is 3.89 Å². The first kappa shape index (κ1) is 21.7. The van der Waals surface area contributed by atoms with E-state index in [1.54, 1.807) is 12.1 Å². The van der Waals surface area contributed by atoms with E-state index >= 15 is 0 Å². The van der Waals surface area contributed by atoms with Gasteiger partial charge in [-0.25, -0.2) is 0 Å². The van der Waals surface area contributed by atoms with Crippen LogP contribution in [-0.4, -0.2) is 8.42 Å². The van der Waals surface area contributed by atoms with Gasteiger partial charge in [-0.15, -0.1) is 3.89 Å². The molecule has 0 unspecified atom stereocenters. The second kappa shape index (κ2) is 8.92. The van der Waals surface area contributed by atoms with Crippen LogP contribution in [-0.2, 0) is 16.4 Å². The first-order chi connectivity index (χ1) is 14.9. The minimum atomic E-state index is -4.87. The lowest BCUT2D eigenvalue weighted by Crippen LogP contribution is -2.32. The van der Waals surface area contributed by atoms with Gasteiger partial charge in [-0.05, 0) is 54.1 Å². The molecule has 0 bridgehead atoms. The van der Waals surface area contributed by atoms with Crippen molar-refractivity contribution in [3.63, 3.8) is 0 Å². The maximum absolute atomic E-state index is 13.5. The van der Waals surface area contributed by atoms with Crippen molar-refractivity contribution in [2.24, 2.45) is 0 Å². The highest BCUT2D eigenvalue weighted by Crippen LogP contribution is 2.58. The molecule has 0 heterocycles. The minimum absolute atomic E-state index is 0.104. The molecule has 31 heavy (non-hydrogen) atoms. The molecule has 2 nitrogen and oxygen atoms in total. The smallest absolute Gasteiger partial charge is 0.189 e. The van der Waals surface area contributed by atoms with Crippen LogP contribution in [0.5, 0.6) is 0 Å². The lowest BCUT2D eigenvalue weighted by molar-refractivity contribution is 0.552. The summed E-state index contributed by atoms with van der Waals surface area (Å²) in [4.78, 5) is -0.499. The molecule has 0 aliphatic heterocycles. The monoisotopic (exact) mass is 469 g/mol. The SMILES string of the molecule is O=S(=O)(F)c1ccc(C[P+](c2ccccc2)(c2ccccc2)c2ccccc2)cc1Cl. The van der Waals surface area contributed by atoms with E-state index in [4.69, 9.17) is 11.6 Å². The fourth-order valence-corrected chi connectivity index (χ4v) is 9.11. The standard InChI is InChI=1S/C25H20ClFO2PS/c26-24-18-20(16-17-25(24)31(27,28)29)19-30(21-10-4-1-5-11-21,22-12-6-2-7-13-22)23-14-8-3-9-15-23/h1-18H,19H2/q+1. The van der Waals surface area contributed by atoms with Gasteiger partial charge in [0.25, 0.3) is 0 Å². The first-order valence-electron chi connectivity index (χ1n) is 9.69. The van der Waals surface area contributed by atoms with Crippen molar-refractivity contribution in [2.75, 3.05) is 0 Å². The largest absolute Gasteiger partial charge is 0.333 e. The van der Waals surface area contributed by atoms with Crippen LogP contribution >= 0.6 is 18.9 Å². The molecule has 0 aliphatic carbocycles. The van der Waals surface area contributed by atoms with E-state index in [-0.39, 0.29) is 5.02 Å². The second-order valence-electron chi connectivity index (χ2n) is 7.18. The lowest BCUT2D eigenvalue weighted by atomic mass is 10.2. The summed E-state index contributed by atoms with van der Waals surface area (Å²) >= 11 is 6.17. The molecule has 0 fully saturated rings. The predicted molar refractivity (Wildman–Crippen MR) is 129 cm³/mol. The van der Waals surface area contributed by atoms with Crippen LogP contribution in [0, 0.1) is 0 Å². The third-order valence-corrected chi connectivity index (χ3v) is 11.0. The highest BCUT2D eigenvalue weighted by atomic mass is 35.5. The van der Waals surface area contributed by atoms with E-state index in [1.807, 2.05) is 54.6 Å². The molecule has 0 saturated heterocycles. The summed E-state index contributed by atoms with van der Waals surface area (Å²) in [6, 6.07) is 35.4. The van der Waals surface area contributed by atoms with Crippen LogP contribution in [0.3, 0.4) is 0 Å². The van der Waals surface area contributed by atoms with Gasteiger partial charge in [0.2, 0.25) is 0 Å². The Morgan fingerprint density at radius 3 is 1.45 bits per heavy atom. The van der Waals surface area contributed by atoms with Gasteiger partial charge in [-0.1, -0.05) is 72.3 Å². The molecule has 0 radical (unpaired) electrons. The zero-order chi connectivity index (χ0) is 21.9. The molecule has 4 rings (SSSR count). The molecular weight excluding hydrogens is 450 g/mol. The summed E-state index contributed by atoms with van der Waals surface area (Å²) < 4.78 is 36.3. The molecule has 4 aromatic rings. The molecular formula is C25H20ClFO2PS+. The third-order valence-electron chi connectivity index (χ3n) is 5.27. The van der Waals surface area contributed by atoms with Gasteiger partial charge in [0, 0.05) is 0 Å². The maximum atomic E-state index is 13.5. The predicted octanol–water partition coefficient (Wildman–Crippen LogP) is 5.49. The summed E-state index contributed by atoms with van der Waals surface area (Å²) in [5.74, 6) is 0. The second-order valence-corrected chi connectivity index (χ2v) is 12.4. The number of hydrogen-bond acceptors (Lipinski definition) is 2. The Morgan fingerprint density at radius 2 is 1.10 bits per heavy atom. The van der Waals surface area contributed by atoms with Crippen LogP contribution in [0.2, 0.25) is 5.02 Å². The number of hydrogen-bond donors (Lipinski definition) is 0. The van der Waals surface area contributed by atoms with E-state index in [0.717, 1.165) is 5.56 Å². The van der Waals surface area contributed by atoms with Crippen LogP contribution < -0.4 is 15.9 Å². The van der Waals surface area contributed by atoms with E-state index in [1.165, 1.54) is 22.0 Å². The normalized spacial score (nSPS) is 11.9. The molecule has 0 saturated carbocycles. The average Bonchev–Trinajstić information content (AvgIpc) is 2.78. The molecule has 0 spiro atoms. The Bertz CT molecular complexity index is 1180. The Morgan fingerprint density at radius 1 is 0.677 bits per heavy atom. The van der Waals surface area contributed by atoms with Gasteiger partial charge in [-0.2, -0.15) is 8.42 Å². The number of halogens is 2. The van der Waals surface area contributed by atoms with Crippen molar-refractivity contribution in [3.8, 4) is 0 Å². The van der Waals surface area contributed by atoms with Gasteiger partial charge in [0.1, 0.15) is 28.1 Å². The Labute approximate surface area is 187 Å². The maximum Gasteiger partial charge on any atom is 0.333 e. The van der Waals surface area contributed by atoms with Crippen LogP contribution in [0.15, 0.2) is 114 Å². The van der Waals surface area contributed by atoms with Crippen molar-refractivity contribution in [2.45, 2.75) is 11.1 Å². The van der Waals surface area contributed by atoms with Gasteiger partial charge < -0.3 is 0 Å². The molecule has 4 aromatic carbocycles. The van der Waals surface area contributed by atoms with Crippen molar-refractivity contribution in [1.82, 2.24) is 0 Å². The summed E-state index contributed by atoms with van der Waals surface area (Å²) in [7, 11) is -7.03. The van der Waals surface area contributed by atoms with Crippen LogP contribution in [0.25, 0.3) is 0 Å². The zero-order valence-electron chi connectivity index (χ0n) is 16.5. The van der Waals surface area contributed by atoms with Gasteiger partial charge >= 0.3 is 10.2 Å². The molecule has 0 aliphatic rings. The average molecular weight is 470 g/mol. The fourth-order valence-electron chi connectivity index (χ4n) is 3.88. The minimum Gasteiger partial charge on any atom is -0.189 e. The van der Waals surface area contributed by atoms with Crippen molar-refractivity contribution < 1.29 is 12.3 Å². The topological polar surface area (TPSA) is 34.1 Å². The van der Waals surface area contributed by atoms with E-state index in [9.17, 15) is 12.3 Å². The van der Waals surface area contributed by atoms with E-state index < -0.39 is 22.4 Å². The summed E-state index contributed by atoms with van der Waals surface area (Å²) in [6.45, 7) is 0. The molecule has 6 heteroatoms. The number of rotatable bonds is 6. The van der Waals surface area contributed by atoms with E-state index in [2.05, 4.69) is 36.4 Å². The molecule has 0 aromatic heterocycles. The molecule has 0 amide bonds. The van der Waals surface area contributed by atoms with Gasteiger partial charge in [-0.3, -0.25) is 0 Å². The lowest BCUT2D eigenvalue weighted by Gasteiger charge is -2.28. The highest BCUT2D eigenvalue weighted by Gasteiger charge is 2.45. The number of benzene rings is 4. The van der Waals surface area contributed by atoms with Gasteiger partial charge in [0.05, 0.1) is 11.2 Å². The van der Waals surface area contributed by atoms with Crippen LogP contribution in [0.1, 0.15) is 5.56 Å². The summed E-state index contributed by atoms with van der Waals surface area (Å²) in [6.07, 6.45) is 0.622. The van der Waals surface area contributed by atoms with Crippen molar-refractivity contribution in [3.05, 3.63) is 120 Å². The third kappa shape index (κ3) is 4.43. The molecule has 156 valence electrons. The fraction of sp³-hybridized carbons (Fsp3) is 0.0400. The van der Waals surface area contributed by atoms with Crippen molar-refractivity contribution >= 4 is 45.0 Å². The molecule has 0 atom stereocenters. The Kier molecular flexibility index (Phi) is 6.24. The first-order valence-corrected chi connectivity index (χ1v) is 13.4.